The van der Waals surface area contributed by atoms with Gasteiger partial charge in [0.15, 0.2) is 17.0 Å². The molecule has 1 aromatic carbocycles. The Morgan fingerprint density at radius 2 is 2.00 bits per heavy atom. The standard InChI is InChI=1S/C19H24FN7O2/c1-2-29-18-24-16(21)15-17(25-18)27(19(28)23-15)11-13-4-3-12(9-14(13)20)10-26-7-5-22-6-8-26/h3-4,9,22H,2,5-8,10-11H2,1H3,(H,23,28)(H2,21,24,25). The fourth-order valence-electron chi connectivity index (χ4n) is 3.44. The molecule has 3 aromatic rings. The molecule has 2 aromatic heterocycles. The molecule has 0 atom stereocenters. The second kappa shape index (κ2) is 8.18. The number of nitrogens with one attached hydrogen (secondary N) is 1. The normalized spacial score (nSPS) is 15.1. The van der Waals surface area contributed by atoms with Gasteiger partial charge in [0.05, 0.1) is 13.2 Å². The van der Waals surface area contributed by atoms with E-state index in [9.17, 15) is 9.50 Å². The number of halogens is 1. The number of ether oxygens (including phenoxy) is 1. The van der Waals surface area contributed by atoms with Crippen LogP contribution in [0.4, 0.5) is 10.2 Å². The molecule has 0 aliphatic carbocycles. The van der Waals surface area contributed by atoms with Crippen LogP contribution in [0.25, 0.3) is 11.2 Å². The number of rotatable bonds is 6. The maximum absolute atomic E-state index is 14.8. The first-order valence-electron chi connectivity index (χ1n) is 9.61. The van der Waals surface area contributed by atoms with Gasteiger partial charge in [0.2, 0.25) is 0 Å². The maximum Gasteiger partial charge on any atom is 0.320 e. The van der Waals surface area contributed by atoms with Crippen LogP contribution in [0, 0.1) is 5.82 Å². The summed E-state index contributed by atoms with van der Waals surface area (Å²) in [5.41, 5.74) is 7.78. The van der Waals surface area contributed by atoms with E-state index >= 15 is 0 Å². The van der Waals surface area contributed by atoms with Gasteiger partial charge >= 0.3 is 6.01 Å². The lowest BCUT2D eigenvalue weighted by Crippen LogP contribution is -2.42. The predicted octanol–water partition coefficient (Wildman–Crippen LogP) is 1.11. The van der Waals surface area contributed by atoms with Crippen molar-refractivity contribution < 1.29 is 14.2 Å². The van der Waals surface area contributed by atoms with Gasteiger partial charge in [-0.05, 0) is 18.6 Å². The second-order valence-corrected chi connectivity index (χ2v) is 6.95. The Hall–Kier alpha value is -2.98. The molecule has 1 saturated heterocycles. The summed E-state index contributed by atoms with van der Waals surface area (Å²) in [5, 5.41) is 13.6. The molecule has 29 heavy (non-hydrogen) atoms. The molecule has 9 nitrogen and oxygen atoms in total. The number of fused-ring (bicyclic) bond motifs is 1. The van der Waals surface area contributed by atoms with Gasteiger partial charge in [-0.15, -0.1) is 0 Å². The van der Waals surface area contributed by atoms with Crippen molar-refractivity contribution in [1.29, 1.82) is 0 Å². The van der Waals surface area contributed by atoms with Crippen LogP contribution in [0.1, 0.15) is 18.1 Å². The maximum atomic E-state index is 14.8. The van der Waals surface area contributed by atoms with E-state index in [-0.39, 0.29) is 35.7 Å². The van der Waals surface area contributed by atoms with E-state index in [1.807, 2.05) is 6.07 Å². The number of piperazine rings is 1. The molecule has 4 rings (SSSR count). The topological polar surface area (TPSA) is 114 Å². The predicted molar refractivity (Wildman–Crippen MR) is 106 cm³/mol. The molecule has 0 amide bonds. The van der Waals surface area contributed by atoms with Crippen LogP contribution >= 0.6 is 0 Å². The third kappa shape index (κ3) is 4.08. The van der Waals surface area contributed by atoms with E-state index in [4.69, 9.17) is 10.5 Å². The quantitative estimate of drug-likeness (QED) is 0.563. The molecular weight excluding hydrogens is 377 g/mol. The zero-order valence-corrected chi connectivity index (χ0v) is 16.2. The van der Waals surface area contributed by atoms with E-state index in [2.05, 4.69) is 25.2 Å². The SMILES string of the molecule is CCOc1nc(N)c2nc(O)n(Cc3ccc(CN4CCNCC4)cc3F)c2n1. The highest BCUT2D eigenvalue weighted by Crippen LogP contribution is 2.26. The molecule has 1 fully saturated rings. The summed E-state index contributed by atoms with van der Waals surface area (Å²) in [4.78, 5) is 14.6. The number of aromatic hydroxyl groups is 1. The molecule has 10 heteroatoms. The Balaban J connectivity index is 1.60. The average Bonchev–Trinajstić information content (AvgIpc) is 3.01. The fraction of sp³-hybridized carbons (Fsp3) is 0.421. The number of benzene rings is 1. The number of hydrogen-bond donors (Lipinski definition) is 3. The first-order chi connectivity index (χ1) is 14.0. The molecule has 3 heterocycles. The van der Waals surface area contributed by atoms with Crippen molar-refractivity contribution in [3.05, 3.63) is 35.1 Å². The zero-order valence-electron chi connectivity index (χ0n) is 16.2. The summed E-state index contributed by atoms with van der Waals surface area (Å²) in [6, 6.07) is 4.96. The van der Waals surface area contributed by atoms with E-state index in [1.165, 1.54) is 4.57 Å². The van der Waals surface area contributed by atoms with Crippen molar-refractivity contribution in [2.45, 2.75) is 20.0 Å². The van der Waals surface area contributed by atoms with E-state index in [1.54, 1.807) is 19.1 Å². The van der Waals surface area contributed by atoms with Crippen LogP contribution in [-0.2, 0) is 13.1 Å². The van der Waals surface area contributed by atoms with Crippen molar-refractivity contribution in [2.75, 3.05) is 38.5 Å². The van der Waals surface area contributed by atoms with Gasteiger partial charge in [0.25, 0.3) is 6.01 Å². The van der Waals surface area contributed by atoms with Crippen LogP contribution in [0.2, 0.25) is 0 Å². The Bertz CT molecular complexity index is 1020. The minimum absolute atomic E-state index is 0.0596. The Labute approximate surface area is 167 Å². The minimum Gasteiger partial charge on any atom is -0.480 e. The number of nitrogen functional groups attached to an aromatic ring is 1. The summed E-state index contributed by atoms with van der Waals surface area (Å²) in [6.07, 6.45) is 0. The summed E-state index contributed by atoms with van der Waals surface area (Å²) in [6.45, 7) is 6.72. The molecule has 0 bridgehead atoms. The van der Waals surface area contributed by atoms with Gasteiger partial charge in [-0.3, -0.25) is 9.47 Å². The number of hydrogen-bond acceptors (Lipinski definition) is 8. The Morgan fingerprint density at radius 1 is 1.21 bits per heavy atom. The molecule has 1 aliphatic heterocycles. The van der Waals surface area contributed by atoms with Crippen molar-refractivity contribution in [3.63, 3.8) is 0 Å². The van der Waals surface area contributed by atoms with Gasteiger partial charge in [-0.25, -0.2) is 4.39 Å². The summed E-state index contributed by atoms with van der Waals surface area (Å²) >= 11 is 0. The molecule has 154 valence electrons. The Kier molecular flexibility index (Phi) is 5.45. The molecule has 1 aliphatic rings. The lowest BCUT2D eigenvalue weighted by molar-refractivity contribution is 0.233. The molecule has 0 radical (unpaired) electrons. The summed E-state index contributed by atoms with van der Waals surface area (Å²) in [7, 11) is 0. The van der Waals surface area contributed by atoms with E-state index in [0.29, 0.717) is 24.4 Å². The number of anilines is 1. The van der Waals surface area contributed by atoms with Gasteiger partial charge in [-0.1, -0.05) is 12.1 Å². The molecule has 0 spiro atoms. The minimum atomic E-state index is -0.342. The van der Waals surface area contributed by atoms with Crippen molar-refractivity contribution in [3.8, 4) is 12.0 Å². The van der Waals surface area contributed by atoms with Crippen molar-refractivity contribution >= 4 is 17.0 Å². The largest absolute Gasteiger partial charge is 0.480 e. The number of aromatic nitrogens is 4. The van der Waals surface area contributed by atoms with Crippen molar-refractivity contribution in [1.82, 2.24) is 29.7 Å². The van der Waals surface area contributed by atoms with Crippen LogP contribution in [0.5, 0.6) is 12.0 Å². The number of nitrogens with two attached hydrogens (primary N) is 1. The molecular formula is C19H24FN7O2. The molecule has 4 N–H and O–H groups in total. The monoisotopic (exact) mass is 401 g/mol. The first kappa shape index (κ1) is 19.3. The van der Waals surface area contributed by atoms with Gasteiger partial charge in [-0.2, -0.15) is 15.0 Å². The number of imidazole rings is 1. The van der Waals surface area contributed by atoms with E-state index < -0.39 is 0 Å². The van der Waals surface area contributed by atoms with Crippen LogP contribution in [0.15, 0.2) is 18.2 Å². The van der Waals surface area contributed by atoms with Gasteiger partial charge in [0.1, 0.15) is 5.82 Å². The fourth-order valence-corrected chi connectivity index (χ4v) is 3.44. The average molecular weight is 401 g/mol. The Morgan fingerprint density at radius 3 is 2.72 bits per heavy atom. The molecule has 0 unspecified atom stereocenters. The zero-order chi connectivity index (χ0) is 20.4. The highest BCUT2D eigenvalue weighted by atomic mass is 19.1. The first-order valence-corrected chi connectivity index (χ1v) is 9.61. The van der Waals surface area contributed by atoms with E-state index in [0.717, 1.165) is 31.7 Å². The summed E-state index contributed by atoms with van der Waals surface area (Å²) in [5.74, 6) is -0.245. The van der Waals surface area contributed by atoms with Gasteiger partial charge in [0, 0.05) is 38.3 Å². The molecule has 0 saturated carbocycles. The third-order valence-electron chi connectivity index (χ3n) is 4.92. The van der Waals surface area contributed by atoms with Crippen LogP contribution < -0.4 is 15.8 Å². The summed E-state index contributed by atoms with van der Waals surface area (Å²) < 4.78 is 21.5. The third-order valence-corrected chi connectivity index (χ3v) is 4.92. The highest BCUT2D eigenvalue weighted by Gasteiger charge is 2.18. The number of nitrogens with zero attached hydrogens (tertiary/aromatic N) is 5. The van der Waals surface area contributed by atoms with Gasteiger partial charge < -0.3 is 20.9 Å². The smallest absolute Gasteiger partial charge is 0.320 e. The van der Waals surface area contributed by atoms with Crippen LogP contribution in [0.3, 0.4) is 0 Å². The lowest BCUT2D eigenvalue weighted by atomic mass is 10.1. The second-order valence-electron chi connectivity index (χ2n) is 6.95. The van der Waals surface area contributed by atoms with Crippen LogP contribution in [-0.4, -0.2) is 62.3 Å². The highest BCUT2D eigenvalue weighted by molar-refractivity contribution is 5.83. The lowest BCUT2D eigenvalue weighted by Gasteiger charge is -2.27. The van der Waals surface area contributed by atoms with Crippen molar-refractivity contribution in [2.24, 2.45) is 0 Å².